The third-order valence-corrected chi connectivity index (χ3v) is 2.54. The van der Waals surface area contributed by atoms with Gasteiger partial charge in [0.2, 0.25) is 0 Å². The molecule has 1 atom stereocenters. The maximum absolute atomic E-state index is 5.88. The number of hydrogen-bond acceptors (Lipinski definition) is 2. The maximum atomic E-state index is 5.88. The standard InChI is InChI=1S/C9H11BrClNO/c1-5(12)7-3-6(11)4-8(10)9(7)13-2/h3-5H,12H2,1-2H3/t5-/m0/s1. The summed E-state index contributed by atoms with van der Waals surface area (Å²) in [7, 11) is 1.61. The monoisotopic (exact) mass is 263 g/mol. The second-order valence-corrected chi connectivity index (χ2v) is 4.09. The minimum atomic E-state index is -0.0926. The third kappa shape index (κ3) is 2.36. The fourth-order valence-electron chi connectivity index (χ4n) is 1.13. The summed E-state index contributed by atoms with van der Waals surface area (Å²) < 4.78 is 6.04. The Labute approximate surface area is 91.2 Å². The first-order chi connectivity index (χ1) is 6.06. The molecule has 0 saturated carbocycles. The molecule has 0 fully saturated rings. The van der Waals surface area contributed by atoms with Gasteiger partial charge < -0.3 is 10.5 Å². The van der Waals surface area contributed by atoms with Crippen LogP contribution in [0, 0.1) is 0 Å². The highest BCUT2D eigenvalue weighted by atomic mass is 79.9. The van der Waals surface area contributed by atoms with E-state index in [0.717, 1.165) is 15.8 Å². The van der Waals surface area contributed by atoms with Crippen molar-refractivity contribution < 1.29 is 4.74 Å². The number of halogens is 2. The van der Waals surface area contributed by atoms with Gasteiger partial charge in [-0.2, -0.15) is 0 Å². The summed E-state index contributed by atoms with van der Waals surface area (Å²) in [5.41, 5.74) is 6.67. The van der Waals surface area contributed by atoms with Gasteiger partial charge in [-0.25, -0.2) is 0 Å². The molecule has 2 nitrogen and oxygen atoms in total. The van der Waals surface area contributed by atoms with Gasteiger partial charge in [0.15, 0.2) is 0 Å². The van der Waals surface area contributed by atoms with Gasteiger partial charge in [0.1, 0.15) is 5.75 Å². The van der Waals surface area contributed by atoms with Gasteiger partial charge in [-0.05, 0) is 35.0 Å². The van der Waals surface area contributed by atoms with E-state index in [1.165, 1.54) is 0 Å². The fourth-order valence-corrected chi connectivity index (χ4v) is 2.13. The van der Waals surface area contributed by atoms with Crippen LogP contribution in [0.5, 0.6) is 5.75 Å². The predicted octanol–water partition coefficient (Wildman–Crippen LogP) is 3.13. The van der Waals surface area contributed by atoms with Crippen molar-refractivity contribution in [2.75, 3.05) is 7.11 Å². The lowest BCUT2D eigenvalue weighted by molar-refractivity contribution is 0.404. The molecule has 72 valence electrons. The van der Waals surface area contributed by atoms with Crippen molar-refractivity contribution in [2.45, 2.75) is 13.0 Å². The Morgan fingerprint density at radius 1 is 1.54 bits per heavy atom. The molecule has 0 aliphatic rings. The van der Waals surface area contributed by atoms with E-state index in [4.69, 9.17) is 22.1 Å². The smallest absolute Gasteiger partial charge is 0.137 e. The molecule has 1 aromatic carbocycles. The molecule has 0 aliphatic heterocycles. The molecule has 13 heavy (non-hydrogen) atoms. The van der Waals surface area contributed by atoms with Crippen molar-refractivity contribution in [1.29, 1.82) is 0 Å². The van der Waals surface area contributed by atoms with E-state index >= 15 is 0 Å². The van der Waals surface area contributed by atoms with E-state index in [1.54, 1.807) is 13.2 Å². The van der Waals surface area contributed by atoms with Crippen LogP contribution < -0.4 is 10.5 Å². The van der Waals surface area contributed by atoms with Crippen LogP contribution in [0.4, 0.5) is 0 Å². The summed E-state index contributed by atoms with van der Waals surface area (Å²) >= 11 is 9.24. The first-order valence-corrected chi connectivity index (χ1v) is 5.02. The average Bonchev–Trinajstić information content (AvgIpc) is 2.02. The summed E-state index contributed by atoms with van der Waals surface area (Å²) in [6, 6.07) is 3.51. The highest BCUT2D eigenvalue weighted by Gasteiger charge is 2.12. The van der Waals surface area contributed by atoms with E-state index in [9.17, 15) is 0 Å². The molecule has 0 bridgehead atoms. The lowest BCUT2D eigenvalue weighted by Gasteiger charge is -2.13. The molecule has 2 N–H and O–H groups in total. The van der Waals surface area contributed by atoms with Crippen molar-refractivity contribution in [2.24, 2.45) is 5.73 Å². The van der Waals surface area contributed by atoms with Gasteiger partial charge in [0.25, 0.3) is 0 Å². The van der Waals surface area contributed by atoms with E-state index < -0.39 is 0 Å². The van der Waals surface area contributed by atoms with Gasteiger partial charge in [-0.3, -0.25) is 0 Å². The van der Waals surface area contributed by atoms with Gasteiger partial charge in [-0.15, -0.1) is 0 Å². The molecule has 1 rings (SSSR count). The molecule has 0 spiro atoms. The largest absolute Gasteiger partial charge is 0.495 e. The SMILES string of the molecule is COc1c(Br)cc(Cl)cc1[C@H](C)N. The second-order valence-electron chi connectivity index (χ2n) is 2.80. The van der Waals surface area contributed by atoms with E-state index in [0.29, 0.717) is 5.02 Å². The quantitative estimate of drug-likeness (QED) is 0.891. The number of methoxy groups -OCH3 is 1. The molecule has 0 heterocycles. The summed E-state index contributed by atoms with van der Waals surface area (Å²) in [5.74, 6) is 0.749. The Balaban J connectivity index is 3.29. The number of nitrogens with two attached hydrogens (primary N) is 1. The molecule has 0 unspecified atom stereocenters. The van der Waals surface area contributed by atoms with Crippen molar-refractivity contribution in [3.63, 3.8) is 0 Å². The van der Waals surface area contributed by atoms with Crippen LogP contribution in [0.3, 0.4) is 0 Å². The molecule has 0 aromatic heterocycles. The van der Waals surface area contributed by atoms with Crippen molar-refractivity contribution in [1.82, 2.24) is 0 Å². The molecule has 0 aliphatic carbocycles. The van der Waals surface area contributed by atoms with Crippen LogP contribution in [-0.2, 0) is 0 Å². The minimum absolute atomic E-state index is 0.0926. The summed E-state index contributed by atoms with van der Waals surface area (Å²) in [6.45, 7) is 1.89. The van der Waals surface area contributed by atoms with E-state index in [1.807, 2.05) is 13.0 Å². The third-order valence-electron chi connectivity index (χ3n) is 1.73. The summed E-state index contributed by atoms with van der Waals surface area (Å²) in [6.07, 6.45) is 0. The number of benzene rings is 1. The van der Waals surface area contributed by atoms with Gasteiger partial charge >= 0.3 is 0 Å². The second kappa shape index (κ2) is 4.31. The zero-order chi connectivity index (χ0) is 10.0. The van der Waals surface area contributed by atoms with Crippen LogP contribution in [-0.4, -0.2) is 7.11 Å². The first kappa shape index (κ1) is 10.8. The van der Waals surface area contributed by atoms with Crippen LogP contribution in [0.15, 0.2) is 16.6 Å². The Bertz CT molecular complexity index is 315. The molecule has 4 heteroatoms. The predicted molar refractivity (Wildman–Crippen MR) is 58.3 cm³/mol. The van der Waals surface area contributed by atoms with E-state index in [2.05, 4.69) is 15.9 Å². The molecular weight excluding hydrogens is 253 g/mol. The number of ether oxygens (including phenoxy) is 1. The summed E-state index contributed by atoms with van der Waals surface area (Å²) in [4.78, 5) is 0. The highest BCUT2D eigenvalue weighted by Crippen LogP contribution is 2.34. The average molecular weight is 265 g/mol. The summed E-state index contributed by atoms with van der Waals surface area (Å²) in [5, 5.41) is 0.653. The van der Waals surface area contributed by atoms with Crippen LogP contribution in [0.25, 0.3) is 0 Å². The zero-order valence-electron chi connectivity index (χ0n) is 7.47. The van der Waals surface area contributed by atoms with Gasteiger partial charge in [-0.1, -0.05) is 11.6 Å². The van der Waals surface area contributed by atoms with Crippen molar-refractivity contribution in [3.8, 4) is 5.75 Å². The lowest BCUT2D eigenvalue weighted by Crippen LogP contribution is -2.07. The Kier molecular flexibility index (Phi) is 3.59. The van der Waals surface area contributed by atoms with Crippen molar-refractivity contribution >= 4 is 27.5 Å². The van der Waals surface area contributed by atoms with Crippen LogP contribution in [0.1, 0.15) is 18.5 Å². The normalized spacial score (nSPS) is 12.7. The molecule has 0 amide bonds. The lowest BCUT2D eigenvalue weighted by atomic mass is 10.1. The first-order valence-electron chi connectivity index (χ1n) is 3.84. The van der Waals surface area contributed by atoms with E-state index in [-0.39, 0.29) is 6.04 Å². The fraction of sp³-hybridized carbons (Fsp3) is 0.333. The van der Waals surface area contributed by atoms with Crippen LogP contribution in [0.2, 0.25) is 5.02 Å². The Morgan fingerprint density at radius 2 is 2.15 bits per heavy atom. The zero-order valence-corrected chi connectivity index (χ0v) is 9.82. The molecular formula is C9H11BrClNO. The Morgan fingerprint density at radius 3 is 2.62 bits per heavy atom. The number of rotatable bonds is 2. The molecule has 0 radical (unpaired) electrons. The van der Waals surface area contributed by atoms with Crippen molar-refractivity contribution in [3.05, 3.63) is 27.2 Å². The van der Waals surface area contributed by atoms with Gasteiger partial charge in [0.05, 0.1) is 11.6 Å². The maximum Gasteiger partial charge on any atom is 0.137 e. The van der Waals surface area contributed by atoms with Gasteiger partial charge in [0, 0.05) is 16.6 Å². The molecule has 1 aromatic rings. The number of hydrogen-bond donors (Lipinski definition) is 1. The van der Waals surface area contributed by atoms with Crippen LogP contribution >= 0.6 is 27.5 Å². The molecule has 0 saturated heterocycles. The minimum Gasteiger partial charge on any atom is -0.495 e. The topological polar surface area (TPSA) is 35.2 Å². The highest BCUT2D eigenvalue weighted by molar-refractivity contribution is 9.10. The Hall–Kier alpha value is -0.250.